The fourth-order valence-electron chi connectivity index (χ4n) is 2.68. The smallest absolute Gasteiger partial charge is 0.384 e. The summed E-state index contributed by atoms with van der Waals surface area (Å²) < 4.78 is 34.1. The molecule has 0 unspecified atom stereocenters. The van der Waals surface area contributed by atoms with Crippen molar-refractivity contribution in [1.82, 2.24) is 4.98 Å². The topological polar surface area (TPSA) is 82.8 Å². The molecule has 3 rings (SSSR count). The van der Waals surface area contributed by atoms with Crippen molar-refractivity contribution in [3.8, 4) is 17.2 Å². The van der Waals surface area contributed by atoms with Crippen LogP contribution in [0.25, 0.3) is 11.5 Å². The number of rotatable bonds is 9. The highest BCUT2D eigenvalue weighted by Crippen LogP contribution is 2.47. The first kappa shape index (κ1) is 20.1. The van der Waals surface area contributed by atoms with Crippen LogP contribution in [0, 0.1) is 0 Å². The number of methoxy groups -OCH3 is 1. The van der Waals surface area contributed by atoms with Crippen molar-refractivity contribution in [1.29, 1.82) is 0 Å². The molecule has 148 valence electrons. The van der Waals surface area contributed by atoms with Gasteiger partial charge in [0.25, 0.3) is 0 Å². The molecule has 3 aromatic rings. The minimum Gasteiger partial charge on any atom is -0.497 e. The Balaban J connectivity index is 1.81. The van der Waals surface area contributed by atoms with Gasteiger partial charge in [-0.05, 0) is 36.2 Å². The second-order valence-electron chi connectivity index (χ2n) is 5.93. The van der Waals surface area contributed by atoms with E-state index >= 15 is 0 Å². The van der Waals surface area contributed by atoms with Gasteiger partial charge in [0.05, 0.1) is 7.11 Å². The van der Waals surface area contributed by atoms with Gasteiger partial charge < -0.3 is 23.5 Å². The van der Waals surface area contributed by atoms with E-state index in [9.17, 15) is 4.57 Å². The third kappa shape index (κ3) is 4.44. The number of anilines is 1. The molecule has 0 aliphatic heterocycles. The van der Waals surface area contributed by atoms with Gasteiger partial charge in [-0.15, -0.1) is 0 Å². The average Bonchev–Trinajstić information content (AvgIpc) is 3.19. The standard InChI is InChI=1S/C20H23N2O5P/c1-24-17-11-9-15(10-12-17)13-14-21-19-20(28(23,25-2)26-3)22-18(27-19)16-7-5-4-6-8-16/h4-12,21H,13-14H2,1-3H3. The van der Waals surface area contributed by atoms with Crippen LogP contribution >= 0.6 is 7.60 Å². The van der Waals surface area contributed by atoms with Crippen molar-refractivity contribution < 1.29 is 22.8 Å². The van der Waals surface area contributed by atoms with Crippen LogP contribution < -0.4 is 15.5 Å². The summed E-state index contributed by atoms with van der Waals surface area (Å²) in [5.41, 5.74) is 2.02. The van der Waals surface area contributed by atoms with Crippen molar-refractivity contribution in [2.75, 3.05) is 33.2 Å². The second kappa shape index (κ2) is 9.06. The molecule has 0 fully saturated rings. The van der Waals surface area contributed by atoms with Crippen LogP contribution in [0.3, 0.4) is 0 Å². The molecule has 1 heterocycles. The number of hydrogen-bond acceptors (Lipinski definition) is 7. The van der Waals surface area contributed by atoms with Crippen molar-refractivity contribution in [2.24, 2.45) is 0 Å². The lowest BCUT2D eigenvalue weighted by atomic mass is 10.1. The summed E-state index contributed by atoms with van der Waals surface area (Å²) in [7, 11) is 0.701. The maximum atomic E-state index is 12.9. The van der Waals surface area contributed by atoms with Gasteiger partial charge in [-0.1, -0.05) is 30.3 Å². The summed E-state index contributed by atoms with van der Waals surface area (Å²) in [6.45, 7) is 0.552. The highest BCUT2D eigenvalue weighted by atomic mass is 31.2. The first-order valence-corrected chi connectivity index (χ1v) is 10.3. The van der Waals surface area contributed by atoms with Gasteiger partial charge in [-0.3, -0.25) is 4.57 Å². The minimum atomic E-state index is -3.58. The lowest BCUT2D eigenvalue weighted by Crippen LogP contribution is -2.16. The summed E-state index contributed by atoms with van der Waals surface area (Å²) in [4.78, 5) is 4.38. The van der Waals surface area contributed by atoms with Crippen LogP contribution in [-0.4, -0.2) is 32.9 Å². The summed E-state index contributed by atoms with van der Waals surface area (Å²) in [5.74, 6) is 1.43. The normalized spacial score (nSPS) is 11.4. The lowest BCUT2D eigenvalue weighted by Gasteiger charge is -2.12. The zero-order chi connectivity index (χ0) is 20.0. The Labute approximate surface area is 164 Å². The molecule has 0 saturated carbocycles. The maximum Gasteiger partial charge on any atom is 0.384 e. The number of nitrogens with one attached hydrogen (secondary N) is 1. The Morgan fingerprint density at radius 3 is 2.29 bits per heavy atom. The van der Waals surface area contributed by atoms with Crippen LogP contribution in [0.15, 0.2) is 59.0 Å². The van der Waals surface area contributed by atoms with Crippen molar-refractivity contribution in [3.63, 3.8) is 0 Å². The molecule has 7 nitrogen and oxygen atoms in total. The number of oxazole rings is 1. The second-order valence-corrected chi connectivity index (χ2v) is 8.07. The summed E-state index contributed by atoms with van der Waals surface area (Å²) in [6, 6.07) is 17.2. The molecule has 0 amide bonds. The van der Waals surface area contributed by atoms with E-state index in [1.807, 2.05) is 54.6 Å². The zero-order valence-corrected chi connectivity index (χ0v) is 16.9. The van der Waals surface area contributed by atoms with Crippen molar-refractivity contribution >= 4 is 18.9 Å². The van der Waals surface area contributed by atoms with E-state index in [2.05, 4.69) is 10.3 Å². The van der Waals surface area contributed by atoms with Crippen LogP contribution in [0.1, 0.15) is 5.56 Å². The maximum absolute atomic E-state index is 12.9. The largest absolute Gasteiger partial charge is 0.497 e. The molecular weight excluding hydrogens is 379 g/mol. The number of nitrogens with zero attached hydrogens (tertiary/aromatic N) is 1. The zero-order valence-electron chi connectivity index (χ0n) is 16.0. The average molecular weight is 402 g/mol. The molecule has 1 N–H and O–H groups in total. The highest BCUT2D eigenvalue weighted by Gasteiger charge is 2.34. The molecule has 0 atom stereocenters. The Bertz CT molecular complexity index is 933. The SMILES string of the molecule is COc1ccc(CCNc2oc(-c3ccccc3)nc2P(=O)(OC)OC)cc1. The predicted octanol–water partition coefficient (Wildman–Crippen LogP) is 4.12. The van der Waals surface area contributed by atoms with Gasteiger partial charge in [0.1, 0.15) is 5.75 Å². The Morgan fingerprint density at radius 2 is 1.68 bits per heavy atom. The van der Waals surface area contributed by atoms with Crippen LogP contribution in [0.2, 0.25) is 0 Å². The molecule has 0 radical (unpaired) electrons. The number of benzene rings is 2. The molecule has 0 saturated heterocycles. The first-order chi connectivity index (χ1) is 13.6. The molecule has 8 heteroatoms. The summed E-state index contributed by atoms with van der Waals surface area (Å²) in [6.07, 6.45) is 0.731. The highest BCUT2D eigenvalue weighted by molar-refractivity contribution is 7.62. The third-order valence-corrected chi connectivity index (χ3v) is 6.01. The third-order valence-electron chi connectivity index (χ3n) is 4.23. The Kier molecular flexibility index (Phi) is 6.52. The molecular formula is C20H23N2O5P. The van der Waals surface area contributed by atoms with Crippen LogP contribution in [0.5, 0.6) is 5.75 Å². The van der Waals surface area contributed by atoms with Gasteiger partial charge >= 0.3 is 7.60 Å². The van der Waals surface area contributed by atoms with Gasteiger partial charge in [0.2, 0.25) is 17.2 Å². The van der Waals surface area contributed by atoms with E-state index in [0.717, 1.165) is 23.3 Å². The number of hydrogen-bond donors (Lipinski definition) is 1. The molecule has 0 spiro atoms. The molecule has 28 heavy (non-hydrogen) atoms. The van der Waals surface area contributed by atoms with E-state index in [-0.39, 0.29) is 11.3 Å². The van der Waals surface area contributed by atoms with Crippen LogP contribution in [0.4, 0.5) is 5.88 Å². The van der Waals surface area contributed by atoms with Gasteiger partial charge in [0.15, 0.2) is 0 Å². The number of aromatic nitrogens is 1. The molecule has 0 bridgehead atoms. The number of ether oxygens (including phenoxy) is 1. The molecule has 1 aromatic heterocycles. The van der Waals surface area contributed by atoms with Crippen molar-refractivity contribution in [2.45, 2.75) is 6.42 Å². The molecule has 0 aliphatic carbocycles. The van der Waals surface area contributed by atoms with E-state index in [1.165, 1.54) is 14.2 Å². The van der Waals surface area contributed by atoms with Crippen LogP contribution in [-0.2, 0) is 20.0 Å². The molecule has 2 aromatic carbocycles. The monoisotopic (exact) mass is 402 g/mol. The van der Waals surface area contributed by atoms with Gasteiger partial charge in [-0.2, -0.15) is 4.98 Å². The predicted molar refractivity (Wildman–Crippen MR) is 108 cm³/mol. The van der Waals surface area contributed by atoms with E-state index in [0.29, 0.717) is 12.4 Å². The fraction of sp³-hybridized carbons (Fsp3) is 0.250. The first-order valence-electron chi connectivity index (χ1n) is 8.74. The summed E-state index contributed by atoms with van der Waals surface area (Å²) in [5, 5.41) is 3.16. The lowest BCUT2D eigenvalue weighted by molar-refractivity contribution is 0.286. The fourth-order valence-corrected chi connectivity index (χ4v) is 3.76. The van der Waals surface area contributed by atoms with E-state index in [4.69, 9.17) is 18.2 Å². The van der Waals surface area contributed by atoms with Crippen molar-refractivity contribution in [3.05, 3.63) is 60.2 Å². The van der Waals surface area contributed by atoms with E-state index < -0.39 is 7.60 Å². The van der Waals surface area contributed by atoms with Gasteiger partial charge in [0, 0.05) is 26.3 Å². The Morgan fingerprint density at radius 1 is 1.00 bits per heavy atom. The summed E-state index contributed by atoms with van der Waals surface area (Å²) >= 11 is 0. The Hall–Kier alpha value is -2.60. The van der Waals surface area contributed by atoms with Gasteiger partial charge in [-0.25, -0.2) is 0 Å². The van der Waals surface area contributed by atoms with E-state index in [1.54, 1.807) is 7.11 Å². The minimum absolute atomic E-state index is 0.131. The quantitative estimate of drug-likeness (QED) is 0.539. The molecule has 0 aliphatic rings.